The maximum Gasteiger partial charge on any atom is 0.262 e. The number of nitriles is 1. The average Bonchev–Trinajstić information content (AvgIpc) is 2.53. The van der Waals surface area contributed by atoms with Gasteiger partial charge in [0.15, 0.2) is 18.1 Å². The zero-order valence-corrected chi connectivity index (χ0v) is 11.5. The first-order valence-electron chi connectivity index (χ1n) is 6.29. The molecule has 0 bridgehead atoms. The van der Waals surface area contributed by atoms with Crippen LogP contribution < -0.4 is 14.8 Å². The van der Waals surface area contributed by atoms with Gasteiger partial charge < -0.3 is 14.8 Å². The predicted octanol–water partition coefficient (Wildman–Crippen LogP) is 2.58. The Morgan fingerprint density at radius 1 is 1.19 bits per heavy atom. The van der Waals surface area contributed by atoms with E-state index in [0.29, 0.717) is 17.0 Å². The Labute approximate surface area is 122 Å². The highest BCUT2D eigenvalue weighted by atomic mass is 16.5. The van der Waals surface area contributed by atoms with Gasteiger partial charge in [0.1, 0.15) is 6.07 Å². The normalized spacial score (nSPS) is 9.52. The number of methoxy groups -OCH3 is 1. The van der Waals surface area contributed by atoms with Gasteiger partial charge in [0.2, 0.25) is 0 Å². The van der Waals surface area contributed by atoms with Gasteiger partial charge in [-0.2, -0.15) is 5.26 Å². The molecule has 21 heavy (non-hydrogen) atoms. The number of para-hydroxylation sites is 2. The second kappa shape index (κ2) is 6.96. The second-order valence-electron chi connectivity index (χ2n) is 4.15. The summed E-state index contributed by atoms with van der Waals surface area (Å²) in [5.41, 5.74) is 1.01. The lowest BCUT2D eigenvalue weighted by Crippen LogP contribution is -2.20. The summed E-state index contributed by atoms with van der Waals surface area (Å²) in [6.07, 6.45) is 0. The Morgan fingerprint density at radius 3 is 2.62 bits per heavy atom. The number of nitrogens with one attached hydrogen (secondary N) is 1. The lowest BCUT2D eigenvalue weighted by Gasteiger charge is -2.12. The van der Waals surface area contributed by atoms with Crippen molar-refractivity contribution in [2.75, 3.05) is 19.0 Å². The summed E-state index contributed by atoms with van der Waals surface area (Å²) < 4.78 is 10.6. The van der Waals surface area contributed by atoms with Crippen LogP contribution in [0.15, 0.2) is 48.5 Å². The first kappa shape index (κ1) is 14.4. The summed E-state index contributed by atoms with van der Waals surface area (Å²) >= 11 is 0. The van der Waals surface area contributed by atoms with Crippen LogP contribution in [-0.4, -0.2) is 19.6 Å². The number of hydrogen-bond donors (Lipinski definition) is 1. The minimum atomic E-state index is -0.309. The molecule has 0 aliphatic carbocycles. The van der Waals surface area contributed by atoms with Gasteiger partial charge >= 0.3 is 0 Å². The van der Waals surface area contributed by atoms with Crippen LogP contribution in [0.5, 0.6) is 11.5 Å². The monoisotopic (exact) mass is 282 g/mol. The zero-order valence-electron chi connectivity index (χ0n) is 11.5. The van der Waals surface area contributed by atoms with E-state index in [0.717, 1.165) is 0 Å². The van der Waals surface area contributed by atoms with E-state index in [1.54, 1.807) is 30.3 Å². The predicted molar refractivity (Wildman–Crippen MR) is 78.3 cm³/mol. The van der Waals surface area contributed by atoms with E-state index in [-0.39, 0.29) is 18.3 Å². The summed E-state index contributed by atoms with van der Waals surface area (Å²) in [6.45, 7) is -0.204. The fourth-order valence-corrected chi connectivity index (χ4v) is 1.77. The van der Waals surface area contributed by atoms with Crippen molar-refractivity contribution in [2.45, 2.75) is 0 Å². The zero-order chi connectivity index (χ0) is 15.1. The van der Waals surface area contributed by atoms with E-state index in [1.165, 1.54) is 7.11 Å². The second-order valence-corrected chi connectivity index (χ2v) is 4.15. The van der Waals surface area contributed by atoms with Crippen molar-refractivity contribution in [3.8, 4) is 17.6 Å². The van der Waals surface area contributed by atoms with Crippen molar-refractivity contribution in [1.82, 2.24) is 0 Å². The first-order chi connectivity index (χ1) is 10.2. The molecule has 2 aromatic carbocycles. The molecule has 0 heterocycles. The number of rotatable bonds is 5. The Morgan fingerprint density at radius 2 is 1.95 bits per heavy atom. The molecular formula is C16H14N2O3. The number of ether oxygens (including phenoxy) is 2. The third kappa shape index (κ3) is 3.74. The highest BCUT2D eigenvalue weighted by molar-refractivity contribution is 5.91. The van der Waals surface area contributed by atoms with E-state index in [2.05, 4.69) is 5.32 Å². The Balaban J connectivity index is 2.03. The third-order valence-electron chi connectivity index (χ3n) is 2.72. The molecule has 0 aliphatic heterocycles. The lowest BCUT2D eigenvalue weighted by molar-refractivity contribution is -0.118. The van der Waals surface area contributed by atoms with Gasteiger partial charge in [0, 0.05) is 5.69 Å². The Kier molecular flexibility index (Phi) is 4.78. The molecule has 0 spiro atoms. The standard InChI is InChI=1S/C16H14N2O3/c1-20-14-9-5-6-12(10-17)16(14)21-11-15(19)18-13-7-3-2-4-8-13/h2-9H,11H2,1H3,(H,18,19). The third-order valence-corrected chi connectivity index (χ3v) is 2.72. The molecule has 0 unspecified atom stereocenters. The van der Waals surface area contributed by atoms with Gasteiger partial charge in [-0.05, 0) is 24.3 Å². The largest absolute Gasteiger partial charge is 0.493 e. The molecule has 2 aromatic rings. The molecule has 0 aliphatic rings. The van der Waals surface area contributed by atoms with E-state index in [9.17, 15) is 4.79 Å². The molecule has 0 aromatic heterocycles. The first-order valence-corrected chi connectivity index (χ1v) is 6.29. The fourth-order valence-electron chi connectivity index (χ4n) is 1.77. The molecule has 0 radical (unpaired) electrons. The molecule has 0 saturated heterocycles. The SMILES string of the molecule is COc1cccc(C#N)c1OCC(=O)Nc1ccccc1. The summed E-state index contributed by atoms with van der Waals surface area (Å²) in [5, 5.41) is 11.8. The highest BCUT2D eigenvalue weighted by Gasteiger charge is 2.12. The van der Waals surface area contributed by atoms with E-state index in [1.807, 2.05) is 24.3 Å². The van der Waals surface area contributed by atoms with Crippen LogP contribution in [0, 0.1) is 11.3 Å². The molecule has 5 nitrogen and oxygen atoms in total. The van der Waals surface area contributed by atoms with Gasteiger partial charge in [-0.25, -0.2) is 0 Å². The number of carbonyl (C=O) groups is 1. The topological polar surface area (TPSA) is 71.3 Å². The summed E-state index contributed by atoms with van der Waals surface area (Å²) in [6, 6.07) is 16.0. The van der Waals surface area contributed by atoms with E-state index in [4.69, 9.17) is 14.7 Å². The van der Waals surface area contributed by atoms with Gasteiger partial charge in [-0.1, -0.05) is 24.3 Å². The molecule has 0 fully saturated rings. The van der Waals surface area contributed by atoms with Crippen molar-refractivity contribution < 1.29 is 14.3 Å². The average molecular weight is 282 g/mol. The number of carbonyl (C=O) groups excluding carboxylic acids is 1. The van der Waals surface area contributed by atoms with Gasteiger partial charge in [-0.15, -0.1) is 0 Å². The molecule has 2 rings (SSSR count). The van der Waals surface area contributed by atoms with Crippen LogP contribution in [0.3, 0.4) is 0 Å². The Hall–Kier alpha value is -3.00. The van der Waals surface area contributed by atoms with Crippen molar-refractivity contribution >= 4 is 11.6 Å². The van der Waals surface area contributed by atoms with Crippen molar-refractivity contribution in [3.63, 3.8) is 0 Å². The van der Waals surface area contributed by atoms with Crippen molar-refractivity contribution in [3.05, 3.63) is 54.1 Å². The molecule has 5 heteroatoms. The highest BCUT2D eigenvalue weighted by Crippen LogP contribution is 2.30. The molecule has 1 N–H and O–H groups in total. The quantitative estimate of drug-likeness (QED) is 0.915. The maximum atomic E-state index is 11.8. The summed E-state index contributed by atoms with van der Waals surface area (Å²) in [7, 11) is 1.48. The van der Waals surface area contributed by atoms with Crippen LogP contribution in [-0.2, 0) is 4.79 Å². The molecular weight excluding hydrogens is 268 g/mol. The molecule has 0 saturated carbocycles. The Bertz CT molecular complexity index is 663. The number of benzene rings is 2. The van der Waals surface area contributed by atoms with Crippen LogP contribution in [0.1, 0.15) is 5.56 Å². The minimum Gasteiger partial charge on any atom is -0.493 e. The van der Waals surface area contributed by atoms with Crippen LogP contribution in [0.4, 0.5) is 5.69 Å². The van der Waals surface area contributed by atoms with Gasteiger partial charge in [-0.3, -0.25) is 4.79 Å². The summed E-state index contributed by atoms with van der Waals surface area (Å²) in [5.74, 6) is 0.378. The number of nitrogens with zero attached hydrogens (tertiary/aromatic N) is 1. The van der Waals surface area contributed by atoms with Crippen LogP contribution >= 0.6 is 0 Å². The maximum absolute atomic E-state index is 11.8. The van der Waals surface area contributed by atoms with Gasteiger partial charge in [0.25, 0.3) is 5.91 Å². The fraction of sp³-hybridized carbons (Fsp3) is 0.125. The van der Waals surface area contributed by atoms with E-state index >= 15 is 0 Å². The number of amides is 1. The number of anilines is 1. The molecule has 106 valence electrons. The molecule has 0 atom stereocenters. The van der Waals surface area contributed by atoms with Crippen molar-refractivity contribution in [2.24, 2.45) is 0 Å². The smallest absolute Gasteiger partial charge is 0.262 e. The van der Waals surface area contributed by atoms with Crippen molar-refractivity contribution in [1.29, 1.82) is 5.26 Å². The molecule has 1 amide bonds. The van der Waals surface area contributed by atoms with Crippen LogP contribution in [0.25, 0.3) is 0 Å². The number of hydrogen-bond acceptors (Lipinski definition) is 4. The van der Waals surface area contributed by atoms with E-state index < -0.39 is 0 Å². The summed E-state index contributed by atoms with van der Waals surface area (Å²) in [4.78, 5) is 11.8. The minimum absolute atomic E-state index is 0.204. The van der Waals surface area contributed by atoms with Gasteiger partial charge in [0.05, 0.1) is 12.7 Å². The van der Waals surface area contributed by atoms with Crippen LogP contribution in [0.2, 0.25) is 0 Å². The lowest BCUT2D eigenvalue weighted by atomic mass is 10.2.